The van der Waals surface area contributed by atoms with E-state index in [-0.39, 0.29) is 5.92 Å². The molecule has 270 valence electrons. The number of rotatable bonds is 7. The summed E-state index contributed by atoms with van der Waals surface area (Å²) in [5.41, 5.74) is 12.6. The van der Waals surface area contributed by atoms with Gasteiger partial charge in [-0.2, -0.15) is 0 Å². The number of hydrogen-bond acceptors (Lipinski definition) is 4. The van der Waals surface area contributed by atoms with Crippen LogP contribution in [0.4, 0.5) is 0 Å². The van der Waals surface area contributed by atoms with Gasteiger partial charge in [0, 0.05) is 36.9 Å². The van der Waals surface area contributed by atoms with Gasteiger partial charge in [-0.1, -0.05) is 189 Å². The van der Waals surface area contributed by atoms with Gasteiger partial charge in [0.05, 0.1) is 0 Å². The van der Waals surface area contributed by atoms with E-state index in [4.69, 9.17) is 15.0 Å². The zero-order valence-corrected chi connectivity index (χ0v) is 32.2. The molecule has 57 heavy (non-hydrogen) atoms. The average molecular weight is 748 g/mol. The fourth-order valence-electron chi connectivity index (χ4n) is 7.75. The van der Waals surface area contributed by atoms with Gasteiger partial charge >= 0.3 is 0 Å². The lowest BCUT2D eigenvalue weighted by Crippen LogP contribution is -2.01. The molecule has 1 aliphatic carbocycles. The fraction of sp³-hybridized carbons (Fsp3) is 0.0377. The van der Waals surface area contributed by atoms with Crippen LogP contribution in [0, 0.1) is 5.92 Å². The Bertz CT molecular complexity index is 2980. The minimum atomic E-state index is 0.261. The Kier molecular flexibility index (Phi) is 9.02. The second-order valence-electron chi connectivity index (χ2n) is 14.4. The molecule has 0 radical (unpaired) electrons. The molecule has 10 rings (SSSR count). The van der Waals surface area contributed by atoms with Crippen LogP contribution in [0.5, 0.6) is 0 Å². The van der Waals surface area contributed by atoms with Crippen molar-refractivity contribution in [3.8, 4) is 56.4 Å². The van der Waals surface area contributed by atoms with Crippen molar-refractivity contribution in [2.24, 2.45) is 5.92 Å². The van der Waals surface area contributed by atoms with E-state index in [9.17, 15) is 0 Å². The lowest BCUT2D eigenvalue weighted by Gasteiger charge is -2.13. The second kappa shape index (κ2) is 14.9. The highest BCUT2D eigenvalue weighted by molar-refractivity contribution is 7.26. The van der Waals surface area contributed by atoms with Crippen LogP contribution in [-0.4, -0.2) is 15.0 Å². The summed E-state index contributed by atoms with van der Waals surface area (Å²) < 4.78 is 2.44. The van der Waals surface area contributed by atoms with Crippen LogP contribution >= 0.6 is 11.3 Å². The van der Waals surface area contributed by atoms with Gasteiger partial charge in [0.2, 0.25) is 0 Å². The van der Waals surface area contributed by atoms with Gasteiger partial charge in [-0.3, -0.25) is 0 Å². The number of nitrogens with zero attached hydrogens (tertiary/aromatic N) is 3. The van der Waals surface area contributed by atoms with Gasteiger partial charge in [0.15, 0.2) is 17.5 Å². The van der Waals surface area contributed by atoms with Crippen LogP contribution in [0.3, 0.4) is 0 Å². The van der Waals surface area contributed by atoms with Gasteiger partial charge in [0.1, 0.15) is 0 Å². The van der Waals surface area contributed by atoms with E-state index in [2.05, 4.69) is 189 Å². The molecule has 0 saturated heterocycles. The van der Waals surface area contributed by atoms with Crippen molar-refractivity contribution in [1.29, 1.82) is 0 Å². The number of aromatic nitrogens is 3. The Morgan fingerprint density at radius 3 is 1.63 bits per heavy atom. The summed E-state index contributed by atoms with van der Waals surface area (Å²) in [6.45, 7) is 2.25. The van der Waals surface area contributed by atoms with Crippen molar-refractivity contribution in [2.45, 2.75) is 6.92 Å². The van der Waals surface area contributed by atoms with Gasteiger partial charge in [0.25, 0.3) is 0 Å². The first-order chi connectivity index (χ1) is 28.1. The zero-order chi connectivity index (χ0) is 38.1. The van der Waals surface area contributed by atoms with Crippen molar-refractivity contribution in [3.63, 3.8) is 0 Å². The predicted octanol–water partition coefficient (Wildman–Crippen LogP) is 14.2. The lowest BCUT2D eigenvalue weighted by molar-refractivity contribution is 0.967. The largest absolute Gasteiger partial charge is 0.208 e. The molecule has 0 bridgehead atoms. The second-order valence-corrected chi connectivity index (χ2v) is 15.5. The van der Waals surface area contributed by atoms with Crippen molar-refractivity contribution >= 4 is 42.7 Å². The van der Waals surface area contributed by atoms with E-state index < -0.39 is 0 Å². The quantitative estimate of drug-likeness (QED) is 0.163. The number of hydrogen-bond donors (Lipinski definition) is 0. The van der Waals surface area contributed by atoms with E-state index >= 15 is 0 Å². The molecular weight excluding hydrogens is 711 g/mol. The van der Waals surface area contributed by atoms with E-state index in [1.807, 2.05) is 18.2 Å². The van der Waals surface area contributed by atoms with Crippen LogP contribution < -0.4 is 0 Å². The van der Waals surface area contributed by atoms with E-state index in [0.717, 1.165) is 22.1 Å². The molecule has 0 N–H and O–H groups in total. The molecule has 0 aliphatic heterocycles. The Labute approximate surface area is 336 Å². The summed E-state index contributed by atoms with van der Waals surface area (Å²) in [5.74, 6) is 2.22. The summed E-state index contributed by atoms with van der Waals surface area (Å²) >= 11 is 1.81. The molecule has 0 saturated carbocycles. The summed E-state index contributed by atoms with van der Waals surface area (Å²) in [7, 11) is 0. The first-order valence-electron chi connectivity index (χ1n) is 19.3. The van der Waals surface area contributed by atoms with Crippen molar-refractivity contribution in [2.75, 3.05) is 0 Å². The molecule has 1 atom stereocenters. The molecule has 2 heterocycles. The number of benzene rings is 7. The fourth-order valence-corrected chi connectivity index (χ4v) is 8.87. The van der Waals surface area contributed by atoms with Gasteiger partial charge < -0.3 is 0 Å². The lowest BCUT2D eigenvalue weighted by atomic mass is 9.93. The molecule has 1 aliphatic rings. The van der Waals surface area contributed by atoms with E-state index in [0.29, 0.717) is 17.5 Å². The Morgan fingerprint density at radius 2 is 0.947 bits per heavy atom. The minimum Gasteiger partial charge on any atom is -0.208 e. The van der Waals surface area contributed by atoms with Crippen LogP contribution in [-0.2, 0) is 0 Å². The van der Waals surface area contributed by atoms with Crippen LogP contribution in [0.25, 0.3) is 87.7 Å². The van der Waals surface area contributed by atoms with Gasteiger partial charge in [-0.15, -0.1) is 11.3 Å². The van der Waals surface area contributed by atoms with Crippen LogP contribution in [0.1, 0.15) is 18.1 Å². The standard InChI is InChI=1S/C53H37N3S/c1-35-20-21-38(36-12-5-2-6-13-36)30-32-45(35)41-26-28-43(29-27-41)52-54-51(42-16-9-4-10-17-42)55-53(56-52)46-18-11-19-49-50(46)47-34-44(31-33-48(47)57-49)40-24-22-39(23-25-40)37-14-7-3-8-15-37/h2-35H,1H3/t35-/m0/s1. The maximum Gasteiger partial charge on any atom is 0.164 e. The van der Waals surface area contributed by atoms with Crippen molar-refractivity contribution in [3.05, 3.63) is 211 Å². The molecular formula is C53H37N3S. The highest BCUT2D eigenvalue weighted by Crippen LogP contribution is 2.42. The monoisotopic (exact) mass is 747 g/mol. The maximum absolute atomic E-state index is 5.22. The highest BCUT2D eigenvalue weighted by atomic mass is 32.1. The minimum absolute atomic E-state index is 0.261. The first kappa shape index (κ1) is 34.5. The molecule has 3 nitrogen and oxygen atoms in total. The number of allylic oxidation sites excluding steroid dienone is 6. The predicted molar refractivity (Wildman–Crippen MR) is 241 cm³/mol. The smallest absolute Gasteiger partial charge is 0.164 e. The Morgan fingerprint density at radius 1 is 0.421 bits per heavy atom. The van der Waals surface area contributed by atoms with Crippen LogP contribution in [0.15, 0.2) is 200 Å². The average Bonchev–Trinajstić information content (AvgIpc) is 3.55. The van der Waals surface area contributed by atoms with E-state index in [1.165, 1.54) is 59.3 Å². The topological polar surface area (TPSA) is 38.7 Å². The normalized spacial score (nSPS) is 14.0. The van der Waals surface area contributed by atoms with Gasteiger partial charge in [-0.25, -0.2) is 15.0 Å². The van der Waals surface area contributed by atoms with Gasteiger partial charge in [-0.05, 0) is 68.6 Å². The number of thiophene rings is 1. The molecule has 9 aromatic rings. The highest BCUT2D eigenvalue weighted by Gasteiger charge is 2.18. The summed E-state index contributed by atoms with van der Waals surface area (Å²) in [6, 6.07) is 62.1. The Hall–Kier alpha value is -7.01. The van der Waals surface area contributed by atoms with E-state index in [1.54, 1.807) is 11.3 Å². The SMILES string of the molecule is C[C@H]1C=CC(c2ccccc2)=CC=C1c1ccc(-c2nc(-c3ccccc3)nc(-c3cccc4sc5ccc(-c6ccc(-c7ccccc7)cc6)cc5c34)n2)cc1. The molecule has 7 aromatic carbocycles. The summed E-state index contributed by atoms with van der Waals surface area (Å²) in [6.07, 6.45) is 9.00. The third-order valence-corrected chi connectivity index (χ3v) is 11.9. The molecule has 0 amide bonds. The third-order valence-electron chi connectivity index (χ3n) is 10.8. The van der Waals surface area contributed by atoms with Crippen molar-refractivity contribution < 1.29 is 0 Å². The molecule has 0 unspecified atom stereocenters. The molecule has 0 spiro atoms. The third kappa shape index (κ3) is 6.81. The Balaban J connectivity index is 1.05. The summed E-state index contributed by atoms with van der Waals surface area (Å²) in [4.78, 5) is 15.4. The van der Waals surface area contributed by atoms with Crippen molar-refractivity contribution in [1.82, 2.24) is 15.0 Å². The zero-order valence-electron chi connectivity index (χ0n) is 31.4. The molecule has 4 heteroatoms. The summed E-state index contributed by atoms with van der Waals surface area (Å²) in [5, 5.41) is 2.36. The molecule has 0 fully saturated rings. The van der Waals surface area contributed by atoms with Crippen LogP contribution in [0.2, 0.25) is 0 Å². The molecule has 2 aromatic heterocycles. The first-order valence-corrected chi connectivity index (χ1v) is 20.2. The number of fused-ring (bicyclic) bond motifs is 3. The maximum atomic E-state index is 5.22.